The van der Waals surface area contributed by atoms with Crippen LogP contribution < -0.4 is 21.5 Å². The second kappa shape index (κ2) is 7.19. The predicted molar refractivity (Wildman–Crippen MR) is 97.1 cm³/mol. The van der Waals surface area contributed by atoms with Crippen LogP contribution in [-0.4, -0.2) is 23.5 Å². The van der Waals surface area contributed by atoms with E-state index < -0.39 is 0 Å². The van der Waals surface area contributed by atoms with Gasteiger partial charge in [-0.3, -0.25) is 9.78 Å². The van der Waals surface area contributed by atoms with Gasteiger partial charge in [0.2, 0.25) is 5.91 Å². The lowest BCUT2D eigenvalue weighted by Crippen LogP contribution is -2.43. The Morgan fingerprint density at radius 2 is 2.23 bits per heavy atom. The molecule has 2 aliphatic heterocycles. The van der Waals surface area contributed by atoms with Gasteiger partial charge in [0.05, 0.1) is 6.04 Å². The highest BCUT2D eigenvalue weighted by atomic mass is 16.3. The number of amides is 1. The molecule has 0 saturated carbocycles. The number of hydrogen-bond donors (Lipinski definition) is 4. The fraction of sp³-hybridized carbons (Fsp3) is 0.474. The monoisotopic (exact) mass is 355 g/mol. The number of fused-ring (bicyclic) bond motifs is 1. The maximum absolute atomic E-state index is 12.6. The summed E-state index contributed by atoms with van der Waals surface area (Å²) in [6.45, 7) is 6.26. The van der Waals surface area contributed by atoms with Crippen molar-refractivity contribution in [3.8, 4) is 0 Å². The molecule has 0 radical (unpaired) electrons. The number of pyridine rings is 1. The smallest absolute Gasteiger partial charge is 0.238 e. The SMILES string of the molecule is Cc1ccc(C2CC(C(=O)NCc3c(C)ncc4c3CCNC4)NN2)o1. The molecule has 26 heavy (non-hydrogen) atoms. The number of hydrogen-bond acceptors (Lipinski definition) is 6. The van der Waals surface area contributed by atoms with Gasteiger partial charge < -0.3 is 15.1 Å². The number of aromatic nitrogens is 1. The highest BCUT2D eigenvalue weighted by Crippen LogP contribution is 2.24. The van der Waals surface area contributed by atoms with E-state index in [-0.39, 0.29) is 18.0 Å². The number of aryl methyl sites for hydroxylation is 2. The minimum atomic E-state index is -0.278. The third-order valence-electron chi connectivity index (χ3n) is 5.23. The van der Waals surface area contributed by atoms with Crippen LogP contribution in [0.4, 0.5) is 0 Å². The van der Waals surface area contributed by atoms with Gasteiger partial charge in [0, 0.05) is 25.0 Å². The van der Waals surface area contributed by atoms with Gasteiger partial charge in [-0.25, -0.2) is 10.9 Å². The molecule has 4 N–H and O–H groups in total. The Balaban J connectivity index is 1.39. The van der Waals surface area contributed by atoms with Crippen molar-refractivity contribution in [2.75, 3.05) is 6.54 Å². The van der Waals surface area contributed by atoms with Gasteiger partial charge in [-0.05, 0) is 62.1 Å². The average Bonchev–Trinajstić information content (AvgIpc) is 3.29. The first-order chi connectivity index (χ1) is 12.6. The van der Waals surface area contributed by atoms with Crippen LogP contribution in [0, 0.1) is 13.8 Å². The molecule has 4 heterocycles. The van der Waals surface area contributed by atoms with Gasteiger partial charge >= 0.3 is 0 Å². The Bertz CT molecular complexity index is 816. The largest absolute Gasteiger partial charge is 0.465 e. The van der Waals surface area contributed by atoms with Gasteiger partial charge in [-0.15, -0.1) is 0 Å². The molecule has 7 nitrogen and oxygen atoms in total. The first-order valence-corrected chi connectivity index (χ1v) is 9.14. The number of nitrogens with zero attached hydrogens (tertiary/aromatic N) is 1. The molecule has 4 rings (SSSR count). The Morgan fingerprint density at radius 3 is 3.04 bits per heavy atom. The molecular formula is C19H25N5O2. The van der Waals surface area contributed by atoms with E-state index >= 15 is 0 Å². The number of rotatable bonds is 4. The van der Waals surface area contributed by atoms with Crippen molar-refractivity contribution in [1.82, 2.24) is 26.5 Å². The maximum atomic E-state index is 12.6. The normalized spacial score (nSPS) is 22.2. The standard InChI is InChI=1S/C19H25N5O2/c1-11-3-4-18(26-11)16-7-17(24-23-16)19(25)22-10-15-12(2)21-9-13-8-20-6-5-14(13)15/h3-4,9,16-17,20,23-24H,5-8,10H2,1-2H3,(H,22,25). The van der Waals surface area contributed by atoms with Crippen molar-refractivity contribution in [1.29, 1.82) is 0 Å². The minimum absolute atomic E-state index is 0.00536. The van der Waals surface area contributed by atoms with Crippen LogP contribution >= 0.6 is 0 Å². The van der Waals surface area contributed by atoms with Crippen molar-refractivity contribution < 1.29 is 9.21 Å². The Labute approximate surface area is 152 Å². The summed E-state index contributed by atoms with van der Waals surface area (Å²) in [5, 5.41) is 6.44. The van der Waals surface area contributed by atoms with E-state index in [0.717, 1.165) is 42.3 Å². The van der Waals surface area contributed by atoms with E-state index in [0.29, 0.717) is 13.0 Å². The molecule has 2 aromatic heterocycles. The first kappa shape index (κ1) is 17.2. The van der Waals surface area contributed by atoms with Gasteiger partial charge in [0.1, 0.15) is 17.6 Å². The quantitative estimate of drug-likeness (QED) is 0.658. The van der Waals surface area contributed by atoms with Crippen molar-refractivity contribution in [2.45, 2.75) is 51.9 Å². The lowest BCUT2D eigenvalue weighted by atomic mass is 9.96. The summed E-state index contributed by atoms with van der Waals surface area (Å²) < 4.78 is 5.65. The molecule has 1 amide bonds. The first-order valence-electron chi connectivity index (χ1n) is 9.14. The van der Waals surface area contributed by atoms with Crippen LogP contribution in [0.2, 0.25) is 0 Å². The van der Waals surface area contributed by atoms with Gasteiger partial charge in [0.15, 0.2) is 0 Å². The summed E-state index contributed by atoms with van der Waals surface area (Å²) in [5.41, 5.74) is 10.9. The van der Waals surface area contributed by atoms with Crippen LogP contribution in [0.5, 0.6) is 0 Å². The number of hydrazine groups is 1. The van der Waals surface area contributed by atoms with Crippen LogP contribution in [0.15, 0.2) is 22.7 Å². The number of carbonyl (C=O) groups excluding carboxylic acids is 1. The van der Waals surface area contributed by atoms with Gasteiger partial charge in [0.25, 0.3) is 0 Å². The summed E-state index contributed by atoms with van der Waals surface area (Å²) in [6, 6.07) is 3.63. The highest BCUT2D eigenvalue weighted by Gasteiger charge is 2.31. The zero-order valence-corrected chi connectivity index (χ0v) is 15.2. The van der Waals surface area contributed by atoms with E-state index in [9.17, 15) is 4.79 Å². The molecule has 0 bridgehead atoms. The zero-order valence-electron chi connectivity index (χ0n) is 15.2. The summed E-state index contributed by atoms with van der Waals surface area (Å²) in [5.74, 6) is 1.73. The molecule has 7 heteroatoms. The van der Waals surface area contributed by atoms with Crippen LogP contribution in [0.25, 0.3) is 0 Å². The summed E-state index contributed by atoms with van der Waals surface area (Å²) >= 11 is 0. The maximum Gasteiger partial charge on any atom is 0.238 e. The molecule has 2 aliphatic rings. The van der Waals surface area contributed by atoms with Crippen molar-refractivity contribution in [3.63, 3.8) is 0 Å². The number of furan rings is 1. The molecule has 1 fully saturated rings. The third kappa shape index (κ3) is 3.38. The Morgan fingerprint density at radius 1 is 1.35 bits per heavy atom. The van der Waals surface area contributed by atoms with E-state index in [2.05, 4.69) is 26.5 Å². The van der Waals surface area contributed by atoms with E-state index in [1.165, 1.54) is 11.1 Å². The highest BCUT2D eigenvalue weighted by molar-refractivity contribution is 5.82. The predicted octanol–water partition coefficient (Wildman–Crippen LogP) is 1.16. The minimum Gasteiger partial charge on any atom is -0.465 e. The van der Waals surface area contributed by atoms with Crippen LogP contribution in [0.1, 0.15) is 46.4 Å². The van der Waals surface area contributed by atoms with E-state index in [1.54, 1.807) is 0 Å². The topological polar surface area (TPSA) is 91.2 Å². The molecular weight excluding hydrogens is 330 g/mol. The van der Waals surface area contributed by atoms with E-state index in [1.807, 2.05) is 32.2 Å². The summed E-state index contributed by atoms with van der Waals surface area (Å²) in [7, 11) is 0. The molecule has 0 spiro atoms. The average molecular weight is 355 g/mol. The second-order valence-electron chi connectivity index (χ2n) is 7.05. The lowest BCUT2D eigenvalue weighted by Gasteiger charge is -2.22. The Hall–Kier alpha value is -2.22. The molecule has 1 saturated heterocycles. The van der Waals surface area contributed by atoms with Gasteiger partial charge in [-0.2, -0.15) is 0 Å². The number of nitrogens with one attached hydrogen (secondary N) is 4. The fourth-order valence-electron chi connectivity index (χ4n) is 3.73. The lowest BCUT2D eigenvalue weighted by molar-refractivity contribution is -0.123. The van der Waals surface area contributed by atoms with E-state index in [4.69, 9.17) is 4.42 Å². The zero-order chi connectivity index (χ0) is 18.1. The fourth-order valence-corrected chi connectivity index (χ4v) is 3.73. The van der Waals surface area contributed by atoms with Crippen molar-refractivity contribution in [2.24, 2.45) is 0 Å². The number of carbonyl (C=O) groups is 1. The van der Waals surface area contributed by atoms with Crippen LogP contribution in [0.3, 0.4) is 0 Å². The van der Waals surface area contributed by atoms with Crippen molar-refractivity contribution in [3.05, 3.63) is 52.2 Å². The van der Waals surface area contributed by atoms with Crippen LogP contribution in [-0.2, 0) is 24.3 Å². The molecule has 2 aromatic rings. The molecule has 0 aromatic carbocycles. The Kier molecular flexibility index (Phi) is 4.76. The van der Waals surface area contributed by atoms with Gasteiger partial charge in [-0.1, -0.05) is 0 Å². The third-order valence-corrected chi connectivity index (χ3v) is 5.23. The van der Waals surface area contributed by atoms with Crippen molar-refractivity contribution >= 4 is 5.91 Å². The second-order valence-corrected chi connectivity index (χ2v) is 7.05. The summed E-state index contributed by atoms with van der Waals surface area (Å²) in [4.78, 5) is 17.1. The molecule has 2 unspecified atom stereocenters. The summed E-state index contributed by atoms with van der Waals surface area (Å²) in [6.07, 6.45) is 3.58. The molecule has 2 atom stereocenters. The molecule has 138 valence electrons. The molecule has 0 aliphatic carbocycles.